The molecule has 98 heavy (non-hydrogen) atoms. The molecule has 0 amide bonds. The maximum atomic E-state index is 13.1. The van der Waals surface area contributed by atoms with Crippen molar-refractivity contribution in [2.24, 2.45) is 17.8 Å². The van der Waals surface area contributed by atoms with Crippen molar-refractivity contribution in [3.63, 3.8) is 0 Å². The van der Waals surface area contributed by atoms with E-state index in [2.05, 4.69) is 48.5 Å². The van der Waals surface area contributed by atoms with Crippen molar-refractivity contribution < 1.29 is 80.2 Å². The van der Waals surface area contributed by atoms with Crippen LogP contribution in [0.25, 0.3) is 0 Å². The first-order valence-electron chi connectivity index (χ1n) is 40.9. The maximum absolute atomic E-state index is 13.1. The minimum atomic E-state index is -4.96. The van der Waals surface area contributed by atoms with Crippen molar-refractivity contribution in [3.8, 4) is 0 Å². The molecule has 0 heterocycles. The number of hydrogen-bond acceptors (Lipinski definition) is 15. The monoisotopic (exact) mass is 1440 g/mol. The summed E-state index contributed by atoms with van der Waals surface area (Å²) < 4.78 is 68.6. The fourth-order valence-corrected chi connectivity index (χ4v) is 13.6. The molecule has 0 aromatic heterocycles. The molecule has 19 heteroatoms. The second kappa shape index (κ2) is 69.4. The summed E-state index contributed by atoms with van der Waals surface area (Å²) in [5.41, 5.74) is 0. The molecule has 0 aliphatic heterocycles. The number of aliphatic hydroxyl groups excluding tert-OH is 1. The third-order valence-corrected chi connectivity index (χ3v) is 21.0. The molecule has 0 saturated heterocycles. The molecule has 0 bridgehead atoms. The molecule has 0 saturated carbocycles. The highest BCUT2D eigenvalue weighted by Crippen LogP contribution is 2.45. The topological polar surface area (TPSA) is 237 Å². The summed E-state index contributed by atoms with van der Waals surface area (Å²) >= 11 is 0. The van der Waals surface area contributed by atoms with E-state index in [1.165, 1.54) is 212 Å². The molecule has 0 fully saturated rings. The van der Waals surface area contributed by atoms with Crippen LogP contribution in [0.3, 0.4) is 0 Å². The van der Waals surface area contributed by atoms with Crippen LogP contribution < -0.4 is 0 Å². The molecular formula is C79H154O17P2. The lowest BCUT2D eigenvalue weighted by atomic mass is 9.99. The van der Waals surface area contributed by atoms with Gasteiger partial charge in [0.05, 0.1) is 26.4 Å². The van der Waals surface area contributed by atoms with Gasteiger partial charge in [0.15, 0.2) is 12.2 Å². The van der Waals surface area contributed by atoms with E-state index >= 15 is 0 Å². The van der Waals surface area contributed by atoms with E-state index < -0.39 is 97.5 Å². The van der Waals surface area contributed by atoms with Crippen molar-refractivity contribution in [1.82, 2.24) is 0 Å². The third kappa shape index (κ3) is 69.8. The van der Waals surface area contributed by atoms with E-state index in [0.717, 1.165) is 114 Å². The number of carbonyl (C=O) groups is 4. The van der Waals surface area contributed by atoms with Crippen LogP contribution in [-0.4, -0.2) is 96.7 Å². The average Bonchev–Trinajstić information content (AvgIpc) is 1.03. The number of ether oxygens (including phenoxy) is 4. The third-order valence-electron chi connectivity index (χ3n) is 19.1. The summed E-state index contributed by atoms with van der Waals surface area (Å²) in [6.07, 6.45) is 57.1. The Kier molecular flexibility index (Phi) is 68.1. The van der Waals surface area contributed by atoms with E-state index in [4.69, 9.17) is 37.0 Å². The molecule has 4 unspecified atom stereocenters. The number of unbranched alkanes of at least 4 members (excludes halogenated alkanes) is 43. The van der Waals surface area contributed by atoms with Gasteiger partial charge in [-0.25, -0.2) is 9.13 Å². The van der Waals surface area contributed by atoms with Gasteiger partial charge >= 0.3 is 39.5 Å². The Bertz CT molecular complexity index is 1910. The van der Waals surface area contributed by atoms with E-state index in [1.54, 1.807) is 0 Å². The lowest BCUT2D eigenvalue weighted by Crippen LogP contribution is -2.30. The molecule has 0 aromatic rings. The van der Waals surface area contributed by atoms with E-state index in [1.807, 2.05) is 0 Å². The molecular weight excluding hydrogens is 1280 g/mol. The predicted molar refractivity (Wildman–Crippen MR) is 400 cm³/mol. The van der Waals surface area contributed by atoms with Crippen LogP contribution in [0.15, 0.2) is 0 Å². The molecule has 17 nitrogen and oxygen atoms in total. The Morgan fingerprint density at radius 2 is 0.520 bits per heavy atom. The molecule has 3 N–H and O–H groups in total. The SMILES string of the molecule is CCCCCCCCCCCCCCCCCCCCCCCCC(=O)O[C@H](COC(=O)CCCCCCCCCCCCCC(C)C)COP(=O)(O)OC[C@@H](O)COP(=O)(O)OC[C@@H](COC(=O)CCCCCCCCC(C)CC)OC(=O)CCCCCCCCCCC(C)CC. The number of esters is 4. The van der Waals surface area contributed by atoms with Crippen molar-refractivity contribution in [2.45, 2.75) is 426 Å². The predicted octanol–water partition coefficient (Wildman–Crippen LogP) is 23.4. The Morgan fingerprint density at radius 1 is 0.296 bits per heavy atom. The minimum absolute atomic E-state index is 0.104. The molecule has 0 spiro atoms. The summed E-state index contributed by atoms with van der Waals surface area (Å²) in [7, 11) is -9.92. The standard InChI is InChI=1S/C79H154O17P2/c1-8-11-12-13-14-15-16-17-18-19-20-21-22-23-24-25-26-29-33-39-48-55-62-78(83)95-74(66-89-76(81)60-53-46-38-32-30-27-28-31-36-43-50-57-70(4)5)68-93-97(85,86)91-64-73(80)65-92-98(87,88)94-69-75(67-90-77(82)61-54-47-42-41-45-52-59-72(7)10-3)96-79(84)63-56-49-40-35-34-37-44-51-58-71(6)9-2/h70-75,80H,8-69H2,1-7H3,(H,85,86)(H,87,88)/t71?,72?,73-,74-,75-/m1/s1. The smallest absolute Gasteiger partial charge is 0.462 e. The molecule has 0 radical (unpaired) electrons. The Balaban J connectivity index is 5.21. The summed E-state index contributed by atoms with van der Waals surface area (Å²) in [4.78, 5) is 72.9. The summed E-state index contributed by atoms with van der Waals surface area (Å²) in [5.74, 6) is 0.153. The van der Waals surface area contributed by atoms with Crippen molar-refractivity contribution >= 4 is 39.5 Å². The van der Waals surface area contributed by atoms with Gasteiger partial charge in [-0.15, -0.1) is 0 Å². The normalized spacial score (nSPS) is 14.6. The second-order valence-electron chi connectivity index (χ2n) is 29.4. The fraction of sp³-hybridized carbons (Fsp3) is 0.949. The minimum Gasteiger partial charge on any atom is -0.462 e. The van der Waals surface area contributed by atoms with Crippen LogP contribution in [0.5, 0.6) is 0 Å². The van der Waals surface area contributed by atoms with Crippen LogP contribution in [-0.2, 0) is 65.4 Å². The highest BCUT2D eigenvalue weighted by atomic mass is 31.2. The lowest BCUT2D eigenvalue weighted by molar-refractivity contribution is -0.161. The number of phosphoric acid groups is 2. The van der Waals surface area contributed by atoms with E-state index in [9.17, 15) is 43.2 Å². The van der Waals surface area contributed by atoms with Gasteiger partial charge in [0, 0.05) is 25.7 Å². The number of aliphatic hydroxyl groups is 1. The van der Waals surface area contributed by atoms with Gasteiger partial charge in [-0.2, -0.15) is 0 Å². The van der Waals surface area contributed by atoms with Gasteiger partial charge in [0.2, 0.25) is 0 Å². The first-order chi connectivity index (χ1) is 47.3. The van der Waals surface area contributed by atoms with Gasteiger partial charge < -0.3 is 33.8 Å². The van der Waals surface area contributed by atoms with E-state index in [0.29, 0.717) is 25.7 Å². The Morgan fingerprint density at radius 3 is 0.776 bits per heavy atom. The average molecular weight is 1440 g/mol. The maximum Gasteiger partial charge on any atom is 0.472 e. The zero-order chi connectivity index (χ0) is 72.3. The van der Waals surface area contributed by atoms with Gasteiger partial charge in [-0.1, -0.05) is 357 Å². The quantitative estimate of drug-likeness (QED) is 0.0222. The number of hydrogen-bond donors (Lipinski definition) is 3. The van der Waals surface area contributed by atoms with Gasteiger partial charge in [-0.3, -0.25) is 37.3 Å². The van der Waals surface area contributed by atoms with Crippen molar-refractivity contribution in [2.75, 3.05) is 39.6 Å². The molecule has 0 aliphatic carbocycles. The van der Waals surface area contributed by atoms with Crippen LogP contribution in [0.4, 0.5) is 0 Å². The molecule has 0 aliphatic rings. The van der Waals surface area contributed by atoms with Crippen LogP contribution in [0.2, 0.25) is 0 Å². The van der Waals surface area contributed by atoms with Gasteiger partial charge in [0.25, 0.3) is 0 Å². The highest BCUT2D eigenvalue weighted by Gasteiger charge is 2.30. The van der Waals surface area contributed by atoms with Crippen LogP contribution >= 0.6 is 15.6 Å². The highest BCUT2D eigenvalue weighted by molar-refractivity contribution is 7.47. The summed E-state index contributed by atoms with van der Waals surface area (Å²) in [6.45, 7) is 11.9. The van der Waals surface area contributed by atoms with Crippen LogP contribution in [0.1, 0.15) is 408 Å². The molecule has 0 rings (SSSR count). The number of phosphoric ester groups is 2. The number of carbonyl (C=O) groups excluding carboxylic acids is 4. The lowest BCUT2D eigenvalue weighted by Gasteiger charge is -2.21. The second-order valence-corrected chi connectivity index (χ2v) is 32.3. The van der Waals surface area contributed by atoms with Gasteiger partial charge in [-0.05, 0) is 43.4 Å². The molecule has 0 aromatic carbocycles. The number of rotatable bonds is 77. The largest absolute Gasteiger partial charge is 0.472 e. The van der Waals surface area contributed by atoms with E-state index in [-0.39, 0.29) is 25.7 Å². The summed E-state index contributed by atoms with van der Waals surface area (Å²) in [5, 5.41) is 10.6. The Hall–Kier alpha value is -1.94. The summed E-state index contributed by atoms with van der Waals surface area (Å²) in [6, 6.07) is 0. The Labute approximate surface area is 600 Å². The van der Waals surface area contributed by atoms with Crippen molar-refractivity contribution in [1.29, 1.82) is 0 Å². The van der Waals surface area contributed by atoms with Crippen LogP contribution in [0, 0.1) is 17.8 Å². The molecule has 7 atom stereocenters. The van der Waals surface area contributed by atoms with Crippen molar-refractivity contribution in [3.05, 3.63) is 0 Å². The zero-order valence-electron chi connectivity index (χ0n) is 64.3. The molecule has 582 valence electrons. The van der Waals surface area contributed by atoms with Gasteiger partial charge in [0.1, 0.15) is 19.3 Å². The first kappa shape index (κ1) is 96.1. The zero-order valence-corrected chi connectivity index (χ0v) is 66.0. The first-order valence-corrected chi connectivity index (χ1v) is 43.9. The fourth-order valence-electron chi connectivity index (χ4n) is 12.1.